The molecule has 1 heterocycles. The van der Waals surface area contributed by atoms with Crippen molar-refractivity contribution in [2.45, 2.75) is 5.37 Å². The Morgan fingerprint density at radius 3 is 2.56 bits per heavy atom. The van der Waals surface area contributed by atoms with Crippen LogP contribution < -0.4 is 10.2 Å². The lowest BCUT2D eigenvalue weighted by molar-refractivity contribution is -0.120. The van der Waals surface area contributed by atoms with Gasteiger partial charge in [-0.05, 0) is 18.4 Å². The lowest BCUT2D eigenvalue weighted by Gasteiger charge is -2.33. The summed E-state index contributed by atoms with van der Waals surface area (Å²) in [5.41, 5.74) is 0.472. The van der Waals surface area contributed by atoms with Crippen molar-refractivity contribution in [3.05, 3.63) is 30.3 Å². The number of amides is 3. The summed E-state index contributed by atoms with van der Waals surface area (Å²) in [4.78, 5) is 25.1. The van der Waals surface area contributed by atoms with Crippen LogP contribution >= 0.6 is 11.8 Å². The Kier molecular flexibility index (Phi) is 3.53. The molecule has 1 fully saturated rings. The first-order chi connectivity index (χ1) is 8.69. The number of carbonyl (C=O) groups excluding carboxylic acids is 2. The molecule has 1 aliphatic heterocycles. The minimum absolute atomic E-state index is 0.472. The average Bonchev–Trinajstić information content (AvgIpc) is 2.39. The Labute approximate surface area is 109 Å². The number of hydrogen-bond donors (Lipinski definition) is 1. The molecule has 1 aliphatic rings. The molecule has 6 heteroatoms. The average molecular weight is 261 g/mol. The second kappa shape index (κ2) is 5.10. The molecule has 0 saturated carbocycles. The van der Waals surface area contributed by atoms with E-state index in [-0.39, 0.29) is 0 Å². The molecule has 0 spiro atoms. The van der Waals surface area contributed by atoms with Crippen LogP contribution in [0.15, 0.2) is 30.3 Å². The lowest BCUT2D eigenvalue weighted by Crippen LogP contribution is -2.58. The highest BCUT2D eigenvalue weighted by atomic mass is 32.2. The van der Waals surface area contributed by atoms with Gasteiger partial charge in [0.05, 0.1) is 11.8 Å². The van der Waals surface area contributed by atoms with E-state index in [4.69, 9.17) is 5.26 Å². The van der Waals surface area contributed by atoms with E-state index in [9.17, 15) is 9.59 Å². The third-order valence-electron chi connectivity index (χ3n) is 2.67. The zero-order valence-electron chi connectivity index (χ0n) is 9.66. The number of urea groups is 1. The Bertz CT molecular complexity index is 512. The highest BCUT2D eigenvalue weighted by molar-refractivity contribution is 7.99. The van der Waals surface area contributed by atoms with Gasteiger partial charge in [0.2, 0.25) is 0 Å². The molecule has 5 nitrogen and oxygen atoms in total. The highest BCUT2D eigenvalue weighted by Crippen LogP contribution is 2.25. The van der Waals surface area contributed by atoms with Gasteiger partial charge >= 0.3 is 6.03 Å². The summed E-state index contributed by atoms with van der Waals surface area (Å²) in [6, 6.07) is 10.0. The van der Waals surface area contributed by atoms with Gasteiger partial charge in [-0.3, -0.25) is 4.79 Å². The van der Waals surface area contributed by atoms with E-state index in [0.717, 1.165) is 4.90 Å². The number of benzene rings is 1. The van der Waals surface area contributed by atoms with Crippen LogP contribution in [0.2, 0.25) is 0 Å². The van der Waals surface area contributed by atoms with Crippen molar-refractivity contribution in [2.24, 2.45) is 5.92 Å². The van der Waals surface area contributed by atoms with Gasteiger partial charge in [-0.25, -0.2) is 9.69 Å². The van der Waals surface area contributed by atoms with Crippen molar-refractivity contribution >= 4 is 29.4 Å². The van der Waals surface area contributed by atoms with Gasteiger partial charge in [0, 0.05) is 0 Å². The zero-order valence-corrected chi connectivity index (χ0v) is 10.5. The van der Waals surface area contributed by atoms with Gasteiger partial charge in [0.15, 0.2) is 5.92 Å². The predicted molar refractivity (Wildman–Crippen MR) is 68.9 cm³/mol. The van der Waals surface area contributed by atoms with E-state index in [1.165, 1.54) is 11.8 Å². The van der Waals surface area contributed by atoms with E-state index in [1.54, 1.807) is 36.6 Å². The number of nitriles is 1. The van der Waals surface area contributed by atoms with Gasteiger partial charge in [0.1, 0.15) is 5.37 Å². The molecular formula is C12H11N3O2S. The van der Waals surface area contributed by atoms with Gasteiger partial charge in [-0.2, -0.15) is 5.26 Å². The van der Waals surface area contributed by atoms with Gasteiger partial charge in [0.25, 0.3) is 5.91 Å². The molecule has 92 valence electrons. The number of anilines is 1. The first-order valence-electron chi connectivity index (χ1n) is 5.31. The van der Waals surface area contributed by atoms with Crippen LogP contribution in [0, 0.1) is 17.2 Å². The van der Waals surface area contributed by atoms with Crippen LogP contribution in [-0.2, 0) is 4.79 Å². The zero-order chi connectivity index (χ0) is 13.1. The van der Waals surface area contributed by atoms with Crippen LogP contribution in [0.1, 0.15) is 0 Å². The number of nitrogens with one attached hydrogen (secondary N) is 1. The molecule has 2 atom stereocenters. The molecule has 0 aliphatic carbocycles. The van der Waals surface area contributed by atoms with Crippen molar-refractivity contribution < 1.29 is 9.59 Å². The Hall–Kier alpha value is -2.00. The van der Waals surface area contributed by atoms with Crippen LogP contribution in [0.3, 0.4) is 0 Å². The van der Waals surface area contributed by atoms with Gasteiger partial charge in [-0.1, -0.05) is 18.2 Å². The molecule has 1 N–H and O–H groups in total. The molecule has 0 bridgehead atoms. The van der Waals surface area contributed by atoms with Crippen LogP contribution in [0.4, 0.5) is 10.5 Å². The first kappa shape index (κ1) is 12.5. The number of para-hydroxylation sites is 1. The molecular weight excluding hydrogens is 250 g/mol. The van der Waals surface area contributed by atoms with E-state index in [1.807, 2.05) is 6.07 Å². The number of rotatable bonds is 2. The SMILES string of the molecule is CSC1NC(=O)N(c2ccccc2)C(=O)C1C#N. The fourth-order valence-corrected chi connectivity index (χ4v) is 2.45. The summed E-state index contributed by atoms with van der Waals surface area (Å²) in [5.74, 6) is -1.34. The standard InChI is InChI=1S/C12H11N3O2S/c1-18-10-9(7-13)11(16)15(12(17)14-10)8-5-3-2-4-6-8/h2-6,9-10H,1H3,(H,14,17). The molecule has 0 aromatic heterocycles. The monoisotopic (exact) mass is 261 g/mol. The fraction of sp³-hybridized carbons (Fsp3) is 0.250. The number of thioether (sulfide) groups is 1. The predicted octanol–water partition coefficient (Wildman–Crippen LogP) is 1.57. The Morgan fingerprint density at radius 1 is 1.33 bits per heavy atom. The molecule has 18 heavy (non-hydrogen) atoms. The normalized spacial score (nSPS) is 23.4. The molecule has 2 rings (SSSR count). The largest absolute Gasteiger partial charge is 0.329 e. The minimum Gasteiger partial charge on any atom is -0.324 e. The number of imide groups is 1. The number of hydrogen-bond acceptors (Lipinski definition) is 4. The van der Waals surface area contributed by atoms with Crippen LogP contribution in [0.5, 0.6) is 0 Å². The molecule has 3 amide bonds. The van der Waals surface area contributed by atoms with E-state index < -0.39 is 23.2 Å². The maximum atomic E-state index is 12.2. The third kappa shape index (κ3) is 2.05. The summed E-state index contributed by atoms with van der Waals surface area (Å²) >= 11 is 1.28. The van der Waals surface area contributed by atoms with Gasteiger partial charge in [-0.15, -0.1) is 11.8 Å². The van der Waals surface area contributed by atoms with Crippen LogP contribution in [0.25, 0.3) is 0 Å². The fourth-order valence-electron chi connectivity index (χ4n) is 1.78. The second-order valence-corrected chi connectivity index (χ2v) is 4.70. The van der Waals surface area contributed by atoms with Crippen molar-refractivity contribution in [3.63, 3.8) is 0 Å². The van der Waals surface area contributed by atoms with E-state index >= 15 is 0 Å². The molecule has 2 unspecified atom stereocenters. The number of nitrogens with zero attached hydrogens (tertiary/aromatic N) is 2. The maximum Gasteiger partial charge on any atom is 0.329 e. The molecule has 1 aromatic carbocycles. The summed E-state index contributed by atoms with van der Waals surface area (Å²) in [6.07, 6.45) is 1.75. The maximum absolute atomic E-state index is 12.2. The van der Waals surface area contributed by atoms with Crippen molar-refractivity contribution in [1.29, 1.82) is 5.26 Å². The first-order valence-corrected chi connectivity index (χ1v) is 6.59. The molecule has 1 saturated heterocycles. The number of carbonyl (C=O) groups is 2. The molecule has 0 radical (unpaired) electrons. The van der Waals surface area contributed by atoms with Crippen molar-refractivity contribution in [1.82, 2.24) is 5.32 Å². The highest BCUT2D eigenvalue weighted by Gasteiger charge is 2.41. The molecule has 1 aromatic rings. The minimum atomic E-state index is -0.863. The summed E-state index contributed by atoms with van der Waals surface area (Å²) in [6.45, 7) is 0. The summed E-state index contributed by atoms with van der Waals surface area (Å²) in [7, 11) is 0. The third-order valence-corrected chi connectivity index (χ3v) is 3.56. The van der Waals surface area contributed by atoms with Crippen molar-refractivity contribution in [2.75, 3.05) is 11.2 Å². The summed E-state index contributed by atoms with van der Waals surface area (Å²) in [5, 5.41) is 11.2. The van der Waals surface area contributed by atoms with E-state index in [0.29, 0.717) is 5.69 Å². The Balaban J connectivity index is 2.36. The lowest BCUT2D eigenvalue weighted by atomic mass is 10.1. The second-order valence-electron chi connectivity index (χ2n) is 3.72. The smallest absolute Gasteiger partial charge is 0.324 e. The topological polar surface area (TPSA) is 73.2 Å². The summed E-state index contributed by atoms with van der Waals surface area (Å²) < 4.78 is 0. The van der Waals surface area contributed by atoms with Crippen molar-refractivity contribution in [3.8, 4) is 6.07 Å². The van der Waals surface area contributed by atoms with Gasteiger partial charge < -0.3 is 5.32 Å². The quantitative estimate of drug-likeness (QED) is 0.877. The van der Waals surface area contributed by atoms with Crippen LogP contribution in [-0.4, -0.2) is 23.6 Å². The Morgan fingerprint density at radius 2 is 2.00 bits per heavy atom. The van der Waals surface area contributed by atoms with E-state index in [2.05, 4.69) is 5.32 Å².